The lowest BCUT2D eigenvalue weighted by Crippen LogP contribution is -2.39. The molecule has 1 saturated heterocycles. The Balaban J connectivity index is 1.55. The number of likely N-dealkylation sites (tertiary alicyclic amines) is 1. The first-order valence-electron chi connectivity index (χ1n) is 12.0. The molecule has 1 aliphatic rings. The molecule has 3 aromatic rings. The predicted octanol–water partition coefficient (Wildman–Crippen LogP) is 8.14. The van der Waals surface area contributed by atoms with E-state index in [1.54, 1.807) is 33.9 Å². The molecule has 198 valence electrons. The number of amides is 1. The average molecular weight is 574 g/mol. The lowest BCUT2D eigenvalue weighted by atomic mass is 9.88. The van der Waals surface area contributed by atoms with Gasteiger partial charge < -0.3 is 9.47 Å². The topological polar surface area (TPSA) is 42.3 Å². The number of alkyl halides is 3. The first-order valence-corrected chi connectivity index (χ1v) is 13.1. The van der Waals surface area contributed by atoms with E-state index >= 15 is 0 Å². The van der Waals surface area contributed by atoms with Crippen LogP contribution in [0.4, 0.5) is 13.2 Å². The van der Waals surface area contributed by atoms with Crippen LogP contribution in [0.3, 0.4) is 0 Å². The molecule has 0 unspecified atom stereocenters. The monoisotopic (exact) mass is 572 g/mol. The fourth-order valence-corrected chi connectivity index (χ4v) is 5.61. The van der Waals surface area contributed by atoms with Crippen LogP contribution in [0.2, 0.25) is 15.1 Å². The Morgan fingerprint density at radius 1 is 1.03 bits per heavy atom. The Morgan fingerprint density at radius 3 is 2.32 bits per heavy atom. The van der Waals surface area contributed by atoms with Crippen LogP contribution in [0.15, 0.2) is 36.5 Å². The number of hydrogen-bond donors (Lipinski definition) is 0. The second-order valence-corrected chi connectivity index (χ2v) is 11.0. The second kappa shape index (κ2) is 10.9. The molecule has 2 aromatic carbocycles. The van der Waals surface area contributed by atoms with Gasteiger partial charge in [-0.2, -0.15) is 13.2 Å². The van der Waals surface area contributed by atoms with Gasteiger partial charge in [0.05, 0.1) is 33.2 Å². The van der Waals surface area contributed by atoms with Gasteiger partial charge in [-0.1, -0.05) is 48.7 Å². The van der Waals surface area contributed by atoms with Crippen molar-refractivity contribution in [1.29, 1.82) is 0 Å². The zero-order valence-corrected chi connectivity index (χ0v) is 22.6. The molecular formula is C27H26Cl3F3N2O2. The van der Waals surface area contributed by atoms with Crippen molar-refractivity contribution in [2.75, 3.05) is 13.1 Å². The minimum absolute atomic E-state index is 0.00458. The maximum absolute atomic E-state index is 13.3. The van der Waals surface area contributed by atoms with Crippen LogP contribution >= 0.6 is 34.8 Å². The van der Waals surface area contributed by atoms with Crippen molar-refractivity contribution in [3.63, 3.8) is 0 Å². The number of nitrogens with zero attached hydrogens (tertiary/aromatic N) is 2. The molecule has 37 heavy (non-hydrogen) atoms. The molecule has 2 heterocycles. The van der Waals surface area contributed by atoms with E-state index in [0.29, 0.717) is 46.6 Å². The van der Waals surface area contributed by atoms with Crippen LogP contribution in [-0.4, -0.2) is 34.2 Å². The summed E-state index contributed by atoms with van der Waals surface area (Å²) in [7, 11) is 0. The molecule has 10 heteroatoms. The maximum atomic E-state index is 13.3. The van der Waals surface area contributed by atoms with Gasteiger partial charge in [0.2, 0.25) is 0 Å². The van der Waals surface area contributed by atoms with Gasteiger partial charge in [0.25, 0.3) is 5.91 Å². The summed E-state index contributed by atoms with van der Waals surface area (Å²) in [6.07, 6.45) is -0.879. The van der Waals surface area contributed by atoms with Gasteiger partial charge in [0.15, 0.2) is 0 Å². The zero-order chi connectivity index (χ0) is 27.1. The highest BCUT2D eigenvalue weighted by Gasteiger charge is 2.32. The first kappa shape index (κ1) is 27.8. The highest BCUT2D eigenvalue weighted by Crippen LogP contribution is 2.37. The number of aromatic nitrogens is 1. The summed E-state index contributed by atoms with van der Waals surface area (Å²) in [4.78, 5) is 27.1. The van der Waals surface area contributed by atoms with Crippen molar-refractivity contribution >= 4 is 57.4 Å². The van der Waals surface area contributed by atoms with E-state index in [-0.39, 0.29) is 40.1 Å². The number of piperidine rings is 1. The third kappa shape index (κ3) is 5.94. The molecule has 1 aliphatic heterocycles. The third-order valence-electron chi connectivity index (χ3n) is 6.92. The van der Waals surface area contributed by atoms with Crippen LogP contribution in [0.1, 0.15) is 54.6 Å². The van der Waals surface area contributed by atoms with Gasteiger partial charge in [-0.25, -0.2) is 0 Å². The van der Waals surface area contributed by atoms with Crippen molar-refractivity contribution in [2.24, 2.45) is 11.8 Å². The van der Waals surface area contributed by atoms with E-state index in [4.69, 9.17) is 34.8 Å². The summed E-state index contributed by atoms with van der Waals surface area (Å²) < 4.78 is 41.2. The molecule has 0 N–H and O–H groups in total. The number of ketones is 1. The lowest BCUT2D eigenvalue weighted by molar-refractivity contribution is -0.137. The number of hydrogen-bond acceptors (Lipinski definition) is 2. The normalized spacial score (nSPS) is 15.1. The number of halogens is 6. The highest BCUT2D eigenvalue weighted by molar-refractivity contribution is 6.38. The van der Waals surface area contributed by atoms with Crippen LogP contribution in [0.5, 0.6) is 0 Å². The lowest BCUT2D eigenvalue weighted by Gasteiger charge is -2.32. The number of carbonyl (C=O) groups is 2. The van der Waals surface area contributed by atoms with Gasteiger partial charge in [0, 0.05) is 47.6 Å². The summed E-state index contributed by atoms with van der Waals surface area (Å²) in [6, 6.07) is 6.66. The van der Waals surface area contributed by atoms with Crippen molar-refractivity contribution in [2.45, 2.75) is 45.8 Å². The Hall–Kier alpha value is -2.22. The van der Waals surface area contributed by atoms with E-state index < -0.39 is 11.7 Å². The SMILES string of the molecule is CC(C)C(=O)CC1CCN(C(=O)c2ccc(Cl)c(Cn3ccc4cc(C(F)(F)F)cc(Cl)c43)c2Cl)CC1. The molecular weight excluding hydrogens is 548 g/mol. The molecule has 4 nitrogen and oxygen atoms in total. The molecule has 0 radical (unpaired) electrons. The van der Waals surface area contributed by atoms with Crippen LogP contribution in [0, 0.1) is 11.8 Å². The standard InChI is InChI=1S/C27H26Cl3F3N2O2/c1-15(2)23(36)11-16-5-8-34(9-6-16)26(37)19-3-4-21(28)20(24(19)30)14-35-10-7-17-12-18(27(31,32)33)13-22(29)25(17)35/h3-4,7,10,12-13,15-16H,5-6,8-9,11,14H2,1-2H3. The quantitative estimate of drug-likeness (QED) is 0.299. The maximum Gasteiger partial charge on any atom is 0.416 e. The first-order chi connectivity index (χ1) is 17.4. The predicted molar refractivity (Wildman–Crippen MR) is 141 cm³/mol. The molecule has 0 spiro atoms. The smallest absolute Gasteiger partial charge is 0.342 e. The van der Waals surface area contributed by atoms with Crippen molar-refractivity contribution in [3.05, 3.63) is 68.3 Å². The van der Waals surface area contributed by atoms with Gasteiger partial charge in [-0.3, -0.25) is 9.59 Å². The van der Waals surface area contributed by atoms with Crippen molar-refractivity contribution < 1.29 is 22.8 Å². The molecule has 0 aliphatic carbocycles. The highest BCUT2D eigenvalue weighted by atomic mass is 35.5. The number of rotatable bonds is 6. The molecule has 0 saturated carbocycles. The Kier molecular flexibility index (Phi) is 8.17. The summed E-state index contributed by atoms with van der Waals surface area (Å²) in [5, 5.41) is 0.808. The number of benzene rings is 2. The Morgan fingerprint density at radius 2 is 1.70 bits per heavy atom. The van der Waals surface area contributed by atoms with Gasteiger partial charge in [0.1, 0.15) is 5.78 Å². The molecule has 1 amide bonds. The van der Waals surface area contributed by atoms with E-state index in [1.165, 1.54) is 0 Å². The molecule has 1 fully saturated rings. The largest absolute Gasteiger partial charge is 0.416 e. The summed E-state index contributed by atoms with van der Waals surface area (Å²) in [5.41, 5.74) is 0.361. The van der Waals surface area contributed by atoms with E-state index in [2.05, 4.69) is 0 Å². The summed E-state index contributed by atoms with van der Waals surface area (Å²) in [6.45, 7) is 4.97. The van der Waals surface area contributed by atoms with Crippen LogP contribution in [0.25, 0.3) is 10.9 Å². The summed E-state index contributed by atoms with van der Waals surface area (Å²) >= 11 is 19.4. The molecule has 0 bridgehead atoms. The van der Waals surface area contributed by atoms with E-state index in [0.717, 1.165) is 25.0 Å². The number of Topliss-reactive ketones (excluding diaryl/α,β-unsaturated/α-hetero) is 1. The third-order valence-corrected chi connectivity index (χ3v) is 8.00. The Bertz CT molecular complexity index is 1340. The minimum atomic E-state index is -4.51. The van der Waals surface area contributed by atoms with Crippen molar-refractivity contribution in [1.82, 2.24) is 9.47 Å². The van der Waals surface area contributed by atoms with E-state index in [9.17, 15) is 22.8 Å². The average Bonchev–Trinajstić information content (AvgIpc) is 3.24. The Labute approximate surface area is 228 Å². The van der Waals surface area contributed by atoms with Crippen molar-refractivity contribution in [3.8, 4) is 0 Å². The van der Waals surface area contributed by atoms with Crippen LogP contribution < -0.4 is 0 Å². The minimum Gasteiger partial charge on any atom is -0.342 e. The fourth-order valence-electron chi connectivity index (χ4n) is 4.70. The second-order valence-electron chi connectivity index (χ2n) is 9.79. The van der Waals surface area contributed by atoms with Gasteiger partial charge in [-0.15, -0.1) is 0 Å². The fraction of sp³-hybridized carbons (Fsp3) is 0.407. The molecule has 1 aromatic heterocycles. The van der Waals surface area contributed by atoms with Gasteiger partial charge >= 0.3 is 6.18 Å². The van der Waals surface area contributed by atoms with Gasteiger partial charge in [-0.05, 0) is 49.1 Å². The zero-order valence-electron chi connectivity index (χ0n) is 20.3. The number of carbonyl (C=O) groups excluding carboxylic acids is 2. The molecule has 4 rings (SSSR count). The van der Waals surface area contributed by atoms with E-state index in [1.807, 2.05) is 13.8 Å². The van der Waals surface area contributed by atoms with Crippen LogP contribution in [-0.2, 0) is 17.5 Å². The molecule has 0 atom stereocenters. The summed E-state index contributed by atoms with van der Waals surface area (Å²) in [5.74, 6) is 0.286. The number of fused-ring (bicyclic) bond motifs is 1.